The second-order valence-electron chi connectivity index (χ2n) is 3.56. The molecule has 0 unspecified atom stereocenters. The highest BCUT2D eigenvalue weighted by Gasteiger charge is 2.12. The van der Waals surface area contributed by atoms with Crippen LogP contribution in [0.15, 0.2) is 30.3 Å². The first-order valence-electron chi connectivity index (χ1n) is 5.29. The van der Waals surface area contributed by atoms with Crippen molar-refractivity contribution in [2.24, 2.45) is 0 Å². The Bertz CT molecular complexity index is 584. The van der Waals surface area contributed by atoms with E-state index in [0.29, 0.717) is 11.3 Å². The summed E-state index contributed by atoms with van der Waals surface area (Å²) in [5.74, 6) is -0.533. The minimum absolute atomic E-state index is 0.0233. The maximum atomic E-state index is 12.1. The number of ether oxygens (including phenoxy) is 2. The Hall–Kier alpha value is -2.44. The van der Waals surface area contributed by atoms with Gasteiger partial charge in [-0.05, 0) is 18.2 Å². The summed E-state index contributed by atoms with van der Waals surface area (Å²) in [6.07, 6.45) is 0. The zero-order valence-corrected chi connectivity index (χ0v) is 9.89. The van der Waals surface area contributed by atoms with E-state index in [1.54, 1.807) is 12.1 Å². The number of aromatic amines is 1. The molecule has 0 atom stereocenters. The molecule has 1 aromatic carbocycles. The van der Waals surface area contributed by atoms with E-state index in [-0.39, 0.29) is 11.4 Å². The van der Waals surface area contributed by atoms with Gasteiger partial charge in [0.25, 0.3) is 0 Å². The van der Waals surface area contributed by atoms with Crippen LogP contribution in [0.2, 0.25) is 0 Å². The zero-order valence-electron chi connectivity index (χ0n) is 9.89. The lowest BCUT2D eigenvalue weighted by Crippen LogP contribution is -2.01. The molecule has 1 heterocycles. The SMILES string of the molecule is COC(=O)c1cc(-c2cccc(OC(F)F)c2)n[nH]1. The molecule has 0 aliphatic heterocycles. The Morgan fingerprint density at radius 1 is 1.37 bits per heavy atom. The number of nitrogens with zero attached hydrogens (tertiary/aromatic N) is 1. The third kappa shape index (κ3) is 3.06. The van der Waals surface area contributed by atoms with Gasteiger partial charge >= 0.3 is 12.6 Å². The molecule has 0 aliphatic carbocycles. The number of methoxy groups -OCH3 is 1. The number of carbonyl (C=O) groups is 1. The molecule has 2 aromatic rings. The van der Waals surface area contributed by atoms with Crippen molar-refractivity contribution in [2.75, 3.05) is 7.11 Å². The number of benzene rings is 1. The molecule has 7 heteroatoms. The number of hydrogen-bond donors (Lipinski definition) is 1. The molecule has 0 amide bonds. The quantitative estimate of drug-likeness (QED) is 0.865. The predicted octanol–water partition coefficient (Wildman–Crippen LogP) is 2.46. The number of carbonyl (C=O) groups excluding carboxylic acids is 1. The first-order chi connectivity index (χ1) is 9.10. The Kier molecular flexibility index (Phi) is 3.74. The lowest BCUT2D eigenvalue weighted by Gasteiger charge is -2.05. The van der Waals surface area contributed by atoms with E-state index >= 15 is 0 Å². The highest BCUT2D eigenvalue weighted by atomic mass is 19.3. The standard InChI is InChI=1S/C12H10F2N2O3/c1-18-11(17)10-6-9(15-16-10)7-3-2-4-8(5-7)19-12(13)14/h2-6,12H,1H3,(H,15,16). The van der Waals surface area contributed by atoms with Crippen LogP contribution in [0.4, 0.5) is 8.78 Å². The van der Waals surface area contributed by atoms with Crippen molar-refractivity contribution >= 4 is 5.97 Å². The molecule has 0 fully saturated rings. The molecule has 0 radical (unpaired) electrons. The van der Waals surface area contributed by atoms with Crippen molar-refractivity contribution in [3.8, 4) is 17.0 Å². The van der Waals surface area contributed by atoms with E-state index in [9.17, 15) is 13.6 Å². The molecule has 0 bridgehead atoms. The first kappa shape index (κ1) is 13.0. The normalized spacial score (nSPS) is 10.5. The summed E-state index contributed by atoms with van der Waals surface area (Å²) in [5, 5.41) is 6.41. The fourth-order valence-electron chi connectivity index (χ4n) is 1.52. The molecule has 1 aromatic heterocycles. The fourth-order valence-corrected chi connectivity index (χ4v) is 1.52. The van der Waals surface area contributed by atoms with Gasteiger partial charge in [-0.3, -0.25) is 5.10 Å². The van der Waals surface area contributed by atoms with Crippen molar-refractivity contribution in [3.05, 3.63) is 36.0 Å². The molecule has 0 spiro atoms. The van der Waals surface area contributed by atoms with Gasteiger partial charge in [0, 0.05) is 5.56 Å². The Morgan fingerprint density at radius 2 is 2.16 bits per heavy atom. The van der Waals surface area contributed by atoms with Gasteiger partial charge in [-0.25, -0.2) is 4.79 Å². The number of rotatable bonds is 4. The summed E-state index contributed by atoms with van der Waals surface area (Å²) >= 11 is 0. The molecule has 5 nitrogen and oxygen atoms in total. The number of nitrogens with one attached hydrogen (secondary N) is 1. The molecule has 2 rings (SSSR count). The number of esters is 1. The monoisotopic (exact) mass is 268 g/mol. The molecule has 0 saturated carbocycles. The minimum atomic E-state index is -2.89. The molecule has 0 aliphatic rings. The highest BCUT2D eigenvalue weighted by molar-refractivity contribution is 5.88. The largest absolute Gasteiger partial charge is 0.464 e. The fraction of sp³-hybridized carbons (Fsp3) is 0.167. The topological polar surface area (TPSA) is 64.2 Å². The number of halogens is 2. The van der Waals surface area contributed by atoms with Gasteiger partial charge in [-0.2, -0.15) is 13.9 Å². The van der Waals surface area contributed by atoms with Crippen LogP contribution in [0.25, 0.3) is 11.3 Å². The van der Waals surface area contributed by atoms with E-state index in [2.05, 4.69) is 19.7 Å². The predicted molar refractivity (Wildman–Crippen MR) is 62.0 cm³/mol. The van der Waals surface area contributed by atoms with Gasteiger partial charge < -0.3 is 9.47 Å². The van der Waals surface area contributed by atoms with Crippen molar-refractivity contribution in [2.45, 2.75) is 6.61 Å². The zero-order chi connectivity index (χ0) is 13.8. The van der Waals surface area contributed by atoms with Crippen LogP contribution in [0.5, 0.6) is 5.75 Å². The average molecular weight is 268 g/mol. The van der Waals surface area contributed by atoms with Crippen molar-refractivity contribution in [1.82, 2.24) is 10.2 Å². The van der Waals surface area contributed by atoms with Crippen molar-refractivity contribution in [1.29, 1.82) is 0 Å². The van der Waals surface area contributed by atoms with Gasteiger partial charge in [0.1, 0.15) is 11.4 Å². The van der Waals surface area contributed by atoms with Gasteiger partial charge in [-0.1, -0.05) is 12.1 Å². The average Bonchev–Trinajstić information content (AvgIpc) is 2.87. The lowest BCUT2D eigenvalue weighted by molar-refractivity contribution is -0.0498. The van der Waals surface area contributed by atoms with Crippen LogP contribution in [0.3, 0.4) is 0 Å². The summed E-state index contributed by atoms with van der Waals surface area (Å²) < 4.78 is 33.0. The van der Waals surface area contributed by atoms with E-state index in [1.807, 2.05) is 0 Å². The third-order valence-electron chi connectivity index (χ3n) is 2.34. The van der Waals surface area contributed by atoms with Crippen molar-refractivity contribution < 1.29 is 23.0 Å². The molecular formula is C12H10F2N2O3. The number of alkyl halides is 2. The van der Waals surface area contributed by atoms with Crippen LogP contribution >= 0.6 is 0 Å². The van der Waals surface area contributed by atoms with E-state index in [0.717, 1.165) is 0 Å². The molecule has 100 valence electrons. The first-order valence-corrected chi connectivity index (χ1v) is 5.29. The smallest absolute Gasteiger partial charge is 0.387 e. The minimum Gasteiger partial charge on any atom is -0.464 e. The van der Waals surface area contributed by atoms with Crippen LogP contribution in [-0.4, -0.2) is 29.9 Å². The summed E-state index contributed by atoms with van der Waals surface area (Å²) in [6, 6.07) is 7.50. The van der Waals surface area contributed by atoms with Crippen LogP contribution < -0.4 is 4.74 Å². The van der Waals surface area contributed by atoms with E-state index < -0.39 is 12.6 Å². The van der Waals surface area contributed by atoms with Gasteiger partial charge in [-0.15, -0.1) is 0 Å². The second-order valence-corrected chi connectivity index (χ2v) is 3.56. The highest BCUT2D eigenvalue weighted by Crippen LogP contribution is 2.23. The third-order valence-corrected chi connectivity index (χ3v) is 2.34. The maximum absolute atomic E-state index is 12.1. The van der Waals surface area contributed by atoms with Gasteiger partial charge in [0.05, 0.1) is 12.8 Å². The molecule has 1 N–H and O–H groups in total. The maximum Gasteiger partial charge on any atom is 0.387 e. The Balaban J connectivity index is 2.26. The van der Waals surface area contributed by atoms with E-state index in [1.165, 1.54) is 25.3 Å². The summed E-state index contributed by atoms with van der Waals surface area (Å²) in [4.78, 5) is 11.3. The van der Waals surface area contributed by atoms with Crippen LogP contribution in [0.1, 0.15) is 10.5 Å². The van der Waals surface area contributed by atoms with E-state index in [4.69, 9.17) is 0 Å². The number of aromatic nitrogens is 2. The van der Waals surface area contributed by atoms with Crippen molar-refractivity contribution in [3.63, 3.8) is 0 Å². The molecule has 19 heavy (non-hydrogen) atoms. The number of hydrogen-bond acceptors (Lipinski definition) is 4. The van der Waals surface area contributed by atoms with Crippen LogP contribution in [-0.2, 0) is 4.74 Å². The lowest BCUT2D eigenvalue weighted by atomic mass is 10.1. The Morgan fingerprint density at radius 3 is 2.84 bits per heavy atom. The summed E-state index contributed by atoms with van der Waals surface area (Å²) in [7, 11) is 1.25. The van der Waals surface area contributed by atoms with Crippen LogP contribution in [0, 0.1) is 0 Å². The van der Waals surface area contributed by atoms with Gasteiger partial charge in [0.2, 0.25) is 0 Å². The summed E-state index contributed by atoms with van der Waals surface area (Å²) in [6.45, 7) is -2.89. The molecule has 0 saturated heterocycles. The summed E-state index contributed by atoms with van der Waals surface area (Å²) in [5.41, 5.74) is 1.15. The number of H-pyrrole nitrogens is 1. The molecular weight excluding hydrogens is 258 g/mol. The van der Waals surface area contributed by atoms with Gasteiger partial charge in [0.15, 0.2) is 0 Å². The second kappa shape index (κ2) is 5.47. The Labute approximate surface area is 107 Å².